The Balaban J connectivity index is 2.95. The molecule has 120 valence electrons. The van der Waals surface area contributed by atoms with Gasteiger partial charge in [-0.2, -0.15) is 0 Å². The number of rotatable bonds is 3. The molecule has 21 heavy (non-hydrogen) atoms. The quantitative estimate of drug-likeness (QED) is 0.713. The van der Waals surface area contributed by atoms with Crippen molar-refractivity contribution in [2.24, 2.45) is 0 Å². The Morgan fingerprint density at radius 1 is 0.667 bits per heavy atom. The van der Waals surface area contributed by atoms with Gasteiger partial charge in [-0.25, -0.2) is 0 Å². The van der Waals surface area contributed by atoms with Crippen LogP contribution in [0, 0.1) is 0 Å². The van der Waals surface area contributed by atoms with Crippen molar-refractivity contribution in [3.8, 4) is 0 Å². The lowest BCUT2D eigenvalue weighted by molar-refractivity contribution is -0.157. The van der Waals surface area contributed by atoms with Crippen LogP contribution in [0.3, 0.4) is 0 Å². The third-order valence-corrected chi connectivity index (χ3v) is 3.54. The second-order valence-electron chi connectivity index (χ2n) is 4.91. The molecule has 0 aliphatic carbocycles. The van der Waals surface area contributed by atoms with Gasteiger partial charge in [0.25, 0.3) is 0 Å². The Morgan fingerprint density at radius 2 is 0.857 bits per heavy atom. The molecule has 0 N–H and O–H groups in total. The van der Waals surface area contributed by atoms with Gasteiger partial charge < -0.3 is 14.7 Å². The van der Waals surface area contributed by atoms with Crippen molar-refractivity contribution in [1.82, 2.24) is 14.7 Å². The van der Waals surface area contributed by atoms with Crippen molar-refractivity contribution >= 4 is 52.5 Å². The first-order valence-corrected chi connectivity index (χ1v) is 7.74. The molecule has 0 spiro atoms. The highest BCUT2D eigenvalue weighted by Crippen LogP contribution is 2.15. The molecule has 0 radical (unpaired) electrons. The van der Waals surface area contributed by atoms with E-state index < -0.39 is 16.1 Å². The smallest absolute Gasteiger partial charge is 0.243 e. The number of hydrogen-bond donors (Lipinski definition) is 0. The van der Waals surface area contributed by atoms with Crippen LogP contribution in [0.2, 0.25) is 0 Å². The van der Waals surface area contributed by atoms with E-state index in [0.717, 1.165) is 0 Å². The largest absolute Gasteiger partial charge is 0.306 e. The van der Waals surface area contributed by atoms with E-state index in [0.29, 0.717) is 0 Å². The second-order valence-corrected chi connectivity index (χ2v) is 6.87. The normalized spacial score (nSPS) is 20.0. The average molecular weight is 359 g/mol. The van der Waals surface area contributed by atoms with Gasteiger partial charge in [-0.15, -0.1) is 34.8 Å². The highest BCUT2D eigenvalue weighted by Gasteiger charge is 2.35. The summed E-state index contributed by atoms with van der Waals surface area (Å²) in [6.45, 7) is 4.74. The summed E-state index contributed by atoms with van der Waals surface area (Å²) in [6.07, 6.45) is 0. The fourth-order valence-corrected chi connectivity index (χ4v) is 2.34. The van der Waals surface area contributed by atoms with Gasteiger partial charge in [0.05, 0.1) is 20.0 Å². The van der Waals surface area contributed by atoms with Gasteiger partial charge in [-0.3, -0.25) is 14.4 Å². The van der Waals surface area contributed by atoms with Crippen LogP contribution in [0.25, 0.3) is 0 Å². The first-order chi connectivity index (χ1) is 9.65. The van der Waals surface area contributed by atoms with Gasteiger partial charge in [-0.1, -0.05) is 0 Å². The van der Waals surface area contributed by atoms with E-state index in [9.17, 15) is 14.4 Å². The Labute approximate surface area is 138 Å². The number of carbonyl (C=O) groups is 3. The molecule has 0 saturated carbocycles. The van der Waals surface area contributed by atoms with E-state index in [-0.39, 0.29) is 37.7 Å². The van der Waals surface area contributed by atoms with Crippen LogP contribution in [-0.4, -0.2) is 68.6 Å². The summed E-state index contributed by atoms with van der Waals surface area (Å²) in [4.78, 5) is 40.1. The van der Waals surface area contributed by atoms with Gasteiger partial charge in [0.15, 0.2) is 0 Å². The maximum Gasteiger partial charge on any atom is 0.243 e. The number of alkyl halides is 3. The highest BCUT2D eigenvalue weighted by atomic mass is 35.5. The van der Waals surface area contributed by atoms with Crippen LogP contribution in [0.15, 0.2) is 0 Å². The molecule has 1 heterocycles. The zero-order valence-electron chi connectivity index (χ0n) is 12.1. The van der Waals surface area contributed by atoms with Crippen molar-refractivity contribution < 1.29 is 14.4 Å². The van der Waals surface area contributed by atoms with Gasteiger partial charge >= 0.3 is 0 Å². The average Bonchev–Trinajstić information content (AvgIpc) is 2.43. The van der Waals surface area contributed by atoms with E-state index in [1.54, 1.807) is 0 Å². The molecular formula is C12H18Cl3N3O3. The minimum absolute atomic E-state index is 0.0479. The van der Waals surface area contributed by atoms with Gasteiger partial charge in [0.1, 0.15) is 16.1 Å². The van der Waals surface area contributed by atoms with Gasteiger partial charge in [-0.05, 0) is 20.8 Å². The number of carbonyl (C=O) groups excluding carboxylic acids is 3. The molecule has 6 nitrogen and oxygen atoms in total. The molecule has 0 aromatic rings. The summed E-state index contributed by atoms with van der Waals surface area (Å²) in [5.41, 5.74) is 0. The lowest BCUT2D eigenvalue weighted by Crippen LogP contribution is -2.61. The second kappa shape index (κ2) is 7.51. The van der Waals surface area contributed by atoms with Crippen LogP contribution in [0.1, 0.15) is 20.8 Å². The maximum atomic E-state index is 12.0. The minimum Gasteiger partial charge on any atom is -0.306 e. The van der Waals surface area contributed by atoms with Crippen molar-refractivity contribution in [3.63, 3.8) is 0 Å². The van der Waals surface area contributed by atoms with Crippen LogP contribution in [0.5, 0.6) is 0 Å². The summed E-state index contributed by atoms with van der Waals surface area (Å²) in [5.74, 6) is -1.09. The Morgan fingerprint density at radius 3 is 1.00 bits per heavy atom. The molecule has 9 heteroatoms. The Kier molecular flexibility index (Phi) is 6.56. The number of halogens is 3. The molecule has 0 bridgehead atoms. The van der Waals surface area contributed by atoms with E-state index in [1.165, 1.54) is 35.5 Å². The number of amides is 3. The van der Waals surface area contributed by atoms with Crippen molar-refractivity contribution in [2.45, 2.75) is 36.9 Å². The molecule has 3 atom stereocenters. The lowest BCUT2D eigenvalue weighted by Gasteiger charge is -2.43. The summed E-state index contributed by atoms with van der Waals surface area (Å²) in [7, 11) is 0. The molecule has 0 aromatic carbocycles. The fraction of sp³-hybridized carbons (Fsp3) is 0.750. The van der Waals surface area contributed by atoms with Crippen LogP contribution >= 0.6 is 34.8 Å². The monoisotopic (exact) mass is 357 g/mol. The predicted octanol–water partition coefficient (Wildman–Crippen LogP) is 1.24. The molecule has 1 rings (SSSR count). The first kappa shape index (κ1) is 18.3. The fourth-order valence-electron chi connectivity index (χ4n) is 1.93. The third-order valence-electron chi connectivity index (χ3n) is 2.98. The zero-order valence-corrected chi connectivity index (χ0v) is 14.3. The van der Waals surface area contributed by atoms with E-state index in [2.05, 4.69) is 0 Å². The Hall–Kier alpha value is -0.720. The van der Waals surface area contributed by atoms with Crippen molar-refractivity contribution in [2.75, 3.05) is 20.0 Å². The summed E-state index contributed by atoms with van der Waals surface area (Å²) >= 11 is 17.4. The van der Waals surface area contributed by atoms with Crippen molar-refractivity contribution in [1.29, 1.82) is 0 Å². The van der Waals surface area contributed by atoms with Gasteiger partial charge in [0.2, 0.25) is 17.7 Å². The molecule has 1 aliphatic rings. The molecule has 1 saturated heterocycles. The van der Waals surface area contributed by atoms with E-state index in [4.69, 9.17) is 34.8 Å². The highest BCUT2D eigenvalue weighted by molar-refractivity contribution is 6.31. The maximum absolute atomic E-state index is 12.0. The van der Waals surface area contributed by atoms with E-state index in [1.807, 2.05) is 0 Å². The van der Waals surface area contributed by atoms with Crippen molar-refractivity contribution in [3.05, 3.63) is 0 Å². The summed E-state index contributed by atoms with van der Waals surface area (Å²) in [5, 5.41) is -2.25. The predicted molar refractivity (Wildman–Crippen MR) is 81.1 cm³/mol. The van der Waals surface area contributed by atoms with Gasteiger partial charge in [0, 0.05) is 0 Å². The number of hydrogen-bond acceptors (Lipinski definition) is 3. The minimum atomic E-state index is -0.751. The van der Waals surface area contributed by atoms with Crippen LogP contribution < -0.4 is 0 Å². The molecular weight excluding hydrogens is 341 g/mol. The zero-order chi connectivity index (χ0) is 16.3. The SMILES string of the molecule is CC(Cl)C(=O)N1CN(C(=O)C(C)Cl)CN(C(=O)C(C)Cl)C1. The van der Waals surface area contributed by atoms with Crippen LogP contribution in [-0.2, 0) is 14.4 Å². The molecule has 1 aliphatic heterocycles. The first-order valence-electron chi connectivity index (χ1n) is 6.43. The third kappa shape index (κ3) is 4.63. The van der Waals surface area contributed by atoms with Crippen LogP contribution in [0.4, 0.5) is 0 Å². The topological polar surface area (TPSA) is 60.9 Å². The summed E-state index contributed by atoms with van der Waals surface area (Å²) < 4.78 is 0. The molecule has 3 amide bonds. The Bertz CT molecular complexity index is 361. The lowest BCUT2D eigenvalue weighted by atomic mass is 10.3. The number of nitrogens with zero attached hydrogens (tertiary/aromatic N) is 3. The molecule has 3 unspecified atom stereocenters. The molecule has 0 aromatic heterocycles. The summed E-state index contributed by atoms with van der Waals surface area (Å²) in [6, 6.07) is 0. The standard InChI is InChI=1S/C12H18Cl3N3O3/c1-7(13)10(19)16-4-17(11(20)8(2)14)6-18(5-16)12(21)9(3)15/h7-9H,4-6H2,1-3H3. The molecule has 1 fully saturated rings. The van der Waals surface area contributed by atoms with E-state index >= 15 is 0 Å².